The molecule has 5 nitrogen and oxygen atoms in total. The molecule has 5 heteroatoms. The van der Waals surface area contributed by atoms with Crippen LogP contribution in [0.25, 0.3) is 0 Å². The summed E-state index contributed by atoms with van der Waals surface area (Å²) in [5.74, 6) is -0.0420. The first-order valence-electron chi connectivity index (χ1n) is 6.68. The van der Waals surface area contributed by atoms with Gasteiger partial charge in [-0.3, -0.25) is 14.4 Å². The number of carbonyl (C=O) groups is 1. The van der Waals surface area contributed by atoms with Crippen LogP contribution in [0.2, 0.25) is 0 Å². The molecule has 1 fully saturated rings. The van der Waals surface area contributed by atoms with Crippen LogP contribution in [0.4, 0.5) is 0 Å². The normalized spacial score (nSPS) is 20.9. The van der Waals surface area contributed by atoms with Gasteiger partial charge in [-0.1, -0.05) is 6.42 Å². The zero-order valence-corrected chi connectivity index (χ0v) is 11.2. The molecule has 0 saturated carbocycles. The molecular weight excluding hydrogens is 228 g/mol. The quantitative estimate of drug-likeness (QED) is 0.868. The summed E-state index contributed by atoms with van der Waals surface area (Å²) in [6.07, 6.45) is 5.52. The molecule has 2 rings (SSSR count). The summed E-state index contributed by atoms with van der Waals surface area (Å²) in [4.78, 5) is 14.3. The van der Waals surface area contributed by atoms with Crippen molar-refractivity contribution in [2.75, 3.05) is 19.6 Å². The van der Waals surface area contributed by atoms with Crippen LogP contribution < -0.4 is 5.32 Å². The van der Waals surface area contributed by atoms with E-state index in [2.05, 4.69) is 22.2 Å². The summed E-state index contributed by atoms with van der Waals surface area (Å²) in [5, 5.41) is 6.95. The third-order valence-electron chi connectivity index (χ3n) is 3.68. The number of nitrogens with one attached hydrogen (secondary N) is 1. The lowest BCUT2D eigenvalue weighted by Gasteiger charge is -2.33. The Kier molecular flexibility index (Phi) is 4.36. The lowest BCUT2D eigenvalue weighted by Crippen LogP contribution is -2.42. The van der Waals surface area contributed by atoms with Crippen LogP contribution in [-0.2, 0) is 7.05 Å². The highest BCUT2D eigenvalue weighted by molar-refractivity contribution is 5.92. The summed E-state index contributed by atoms with van der Waals surface area (Å²) in [5.41, 5.74) is 0.613. The van der Waals surface area contributed by atoms with Crippen molar-refractivity contribution in [2.24, 2.45) is 7.05 Å². The molecule has 1 N–H and O–H groups in total. The van der Waals surface area contributed by atoms with Crippen LogP contribution in [0.5, 0.6) is 0 Å². The van der Waals surface area contributed by atoms with Crippen molar-refractivity contribution in [1.29, 1.82) is 0 Å². The van der Waals surface area contributed by atoms with Gasteiger partial charge in [-0.2, -0.15) is 5.10 Å². The van der Waals surface area contributed by atoms with E-state index < -0.39 is 0 Å². The Balaban J connectivity index is 1.75. The SMILES string of the molecule is C[C@H]1CCCCN1CCNC(=O)c1ccnn1C. The number of amides is 1. The number of hydrogen-bond acceptors (Lipinski definition) is 3. The largest absolute Gasteiger partial charge is 0.349 e. The topological polar surface area (TPSA) is 50.2 Å². The predicted molar refractivity (Wildman–Crippen MR) is 70.4 cm³/mol. The van der Waals surface area contributed by atoms with E-state index in [0.717, 1.165) is 13.1 Å². The fourth-order valence-corrected chi connectivity index (χ4v) is 2.49. The Morgan fingerprint density at radius 1 is 1.56 bits per heavy atom. The van der Waals surface area contributed by atoms with E-state index in [-0.39, 0.29) is 5.91 Å². The Bertz CT molecular complexity index is 401. The molecule has 100 valence electrons. The fraction of sp³-hybridized carbons (Fsp3) is 0.692. The van der Waals surface area contributed by atoms with Gasteiger partial charge in [0.25, 0.3) is 5.91 Å². The smallest absolute Gasteiger partial charge is 0.269 e. The van der Waals surface area contributed by atoms with Gasteiger partial charge in [0.2, 0.25) is 0 Å². The average Bonchev–Trinajstić information content (AvgIpc) is 2.78. The zero-order chi connectivity index (χ0) is 13.0. The summed E-state index contributed by atoms with van der Waals surface area (Å²) in [6.45, 7) is 5.06. The van der Waals surface area contributed by atoms with Gasteiger partial charge in [-0.25, -0.2) is 0 Å². The molecule has 2 heterocycles. The highest BCUT2D eigenvalue weighted by Crippen LogP contribution is 2.15. The van der Waals surface area contributed by atoms with Gasteiger partial charge in [-0.05, 0) is 32.4 Å². The number of aromatic nitrogens is 2. The zero-order valence-electron chi connectivity index (χ0n) is 11.2. The van der Waals surface area contributed by atoms with Crippen molar-refractivity contribution >= 4 is 5.91 Å². The Morgan fingerprint density at radius 3 is 3.06 bits per heavy atom. The van der Waals surface area contributed by atoms with E-state index in [1.54, 1.807) is 24.0 Å². The highest BCUT2D eigenvalue weighted by Gasteiger charge is 2.18. The molecular formula is C13H22N4O. The molecule has 1 aliphatic heterocycles. The van der Waals surface area contributed by atoms with Gasteiger partial charge >= 0.3 is 0 Å². The van der Waals surface area contributed by atoms with Gasteiger partial charge in [0.1, 0.15) is 5.69 Å². The van der Waals surface area contributed by atoms with Gasteiger partial charge < -0.3 is 5.32 Å². The molecule has 1 aromatic rings. The molecule has 1 aromatic heterocycles. The molecule has 1 atom stereocenters. The molecule has 1 amide bonds. The molecule has 0 aliphatic carbocycles. The summed E-state index contributed by atoms with van der Waals surface area (Å²) >= 11 is 0. The highest BCUT2D eigenvalue weighted by atomic mass is 16.2. The van der Waals surface area contributed by atoms with Crippen LogP contribution in [0.15, 0.2) is 12.3 Å². The third-order valence-corrected chi connectivity index (χ3v) is 3.68. The van der Waals surface area contributed by atoms with Crippen molar-refractivity contribution in [2.45, 2.75) is 32.2 Å². The minimum Gasteiger partial charge on any atom is -0.349 e. The van der Waals surface area contributed by atoms with Crippen molar-refractivity contribution in [3.63, 3.8) is 0 Å². The second kappa shape index (κ2) is 6.00. The maximum Gasteiger partial charge on any atom is 0.269 e. The third kappa shape index (κ3) is 3.10. The second-order valence-corrected chi connectivity index (χ2v) is 4.98. The first kappa shape index (κ1) is 13.1. The van der Waals surface area contributed by atoms with Crippen LogP contribution in [0.3, 0.4) is 0 Å². The number of rotatable bonds is 4. The predicted octanol–water partition coefficient (Wildman–Crippen LogP) is 1.02. The van der Waals surface area contributed by atoms with Crippen LogP contribution in [0.1, 0.15) is 36.7 Å². The maximum absolute atomic E-state index is 11.9. The van der Waals surface area contributed by atoms with Gasteiger partial charge in [-0.15, -0.1) is 0 Å². The number of aryl methyl sites for hydroxylation is 1. The van der Waals surface area contributed by atoms with Crippen LogP contribution in [-0.4, -0.2) is 46.3 Å². The fourth-order valence-electron chi connectivity index (χ4n) is 2.49. The summed E-state index contributed by atoms with van der Waals surface area (Å²) in [7, 11) is 1.78. The Hall–Kier alpha value is -1.36. The molecule has 0 aromatic carbocycles. The van der Waals surface area contributed by atoms with Crippen molar-refractivity contribution in [1.82, 2.24) is 20.0 Å². The number of piperidine rings is 1. The maximum atomic E-state index is 11.9. The lowest BCUT2D eigenvalue weighted by atomic mass is 10.0. The van der Waals surface area contributed by atoms with E-state index in [1.165, 1.54) is 19.3 Å². The van der Waals surface area contributed by atoms with E-state index in [4.69, 9.17) is 0 Å². The first-order valence-corrected chi connectivity index (χ1v) is 6.68. The van der Waals surface area contributed by atoms with Gasteiger partial charge in [0.15, 0.2) is 0 Å². The monoisotopic (exact) mass is 250 g/mol. The molecule has 1 saturated heterocycles. The van der Waals surface area contributed by atoms with Gasteiger partial charge in [0.05, 0.1) is 0 Å². The minimum atomic E-state index is -0.0420. The average molecular weight is 250 g/mol. The second-order valence-electron chi connectivity index (χ2n) is 4.98. The molecule has 0 radical (unpaired) electrons. The standard InChI is InChI=1S/C13H22N4O/c1-11-5-3-4-9-17(11)10-8-14-13(18)12-6-7-15-16(12)2/h6-7,11H,3-5,8-10H2,1-2H3,(H,14,18)/t11-/m0/s1. The summed E-state index contributed by atoms with van der Waals surface area (Å²) < 4.78 is 1.60. The minimum absolute atomic E-state index is 0.0420. The Labute approximate surface area is 108 Å². The summed E-state index contributed by atoms with van der Waals surface area (Å²) in [6, 6.07) is 2.38. The number of likely N-dealkylation sites (tertiary alicyclic amines) is 1. The van der Waals surface area contributed by atoms with Crippen molar-refractivity contribution in [3.05, 3.63) is 18.0 Å². The van der Waals surface area contributed by atoms with Crippen LogP contribution >= 0.6 is 0 Å². The molecule has 0 spiro atoms. The van der Waals surface area contributed by atoms with Crippen molar-refractivity contribution in [3.8, 4) is 0 Å². The van der Waals surface area contributed by atoms with Gasteiger partial charge in [0, 0.05) is 32.4 Å². The molecule has 0 unspecified atom stereocenters. The van der Waals surface area contributed by atoms with E-state index in [9.17, 15) is 4.79 Å². The van der Waals surface area contributed by atoms with Crippen LogP contribution in [0, 0.1) is 0 Å². The number of carbonyl (C=O) groups excluding carboxylic acids is 1. The van der Waals surface area contributed by atoms with E-state index >= 15 is 0 Å². The molecule has 18 heavy (non-hydrogen) atoms. The number of hydrogen-bond donors (Lipinski definition) is 1. The molecule has 0 bridgehead atoms. The van der Waals surface area contributed by atoms with E-state index in [1.807, 2.05) is 0 Å². The van der Waals surface area contributed by atoms with E-state index in [0.29, 0.717) is 18.3 Å². The first-order chi connectivity index (χ1) is 8.68. The lowest BCUT2D eigenvalue weighted by molar-refractivity contribution is 0.0929. The van der Waals surface area contributed by atoms with Crippen molar-refractivity contribution < 1.29 is 4.79 Å². The Morgan fingerprint density at radius 2 is 2.39 bits per heavy atom. The number of nitrogens with zero attached hydrogens (tertiary/aromatic N) is 3. The molecule has 1 aliphatic rings.